The van der Waals surface area contributed by atoms with Crippen LogP contribution in [0.4, 0.5) is 0 Å². The maximum atomic E-state index is 10.3. The summed E-state index contributed by atoms with van der Waals surface area (Å²) in [6.07, 6.45) is 0.837. The van der Waals surface area contributed by atoms with Gasteiger partial charge in [0.2, 0.25) is 0 Å². The van der Waals surface area contributed by atoms with Crippen molar-refractivity contribution in [1.29, 1.82) is 0 Å². The smallest absolute Gasteiger partial charge is 0.331 e. The van der Waals surface area contributed by atoms with Crippen molar-refractivity contribution in [2.45, 2.75) is 6.42 Å². The SMILES string of the molecule is O=C(O)C=C(CCS)C(=O)O. The maximum Gasteiger partial charge on any atom is 0.331 e. The third-order valence-corrected chi connectivity index (χ3v) is 1.18. The number of hydrogen-bond acceptors (Lipinski definition) is 3. The molecule has 0 aliphatic carbocycles. The van der Waals surface area contributed by atoms with Gasteiger partial charge in [-0.05, 0) is 12.2 Å². The molecule has 0 rings (SSSR count). The molecule has 62 valence electrons. The van der Waals surface area contributed by atoms with Crippen LogP contribution in [0, 0.1) is 0 Å². The second kappa shape index (κ2) is 4.79. The third-order valence-electron chi connectivity index (χ3n) is 0.954. The fourth-order valence-electron chi connectivity index (χ4n) is 0.510. The van der Waals surface area contributed by atoms with Crippen LogP contribution in [-0.4, -0.2) is 27.9 Å². The lowest BCUT2D eigenvalue weighted by molar-refractivity contribution is -0.135. The molecule has 0 aromatic rings. The molecule has 0 aliphatic rings. The molecule has 11 heavy (non-hydrogen) atoms. The number of rotatable bonds is 4. The average Bonchev–Trinajstić information content (AvgIpc) is 1.86. The molecule has 0 saturated heterocycles. The summed E-state index contributed by atoms with van der Waals surface area (Å²) < 4.78 is 0. The Bertz CT molecular complexity index is 197. The Morgan fingerprint density at radius 2 is 1.91 bits per heavy atom. The van der Waals surface area contributed by atoms with Gasteiger partial charge in [0.05, 0.1) is 0 Å². The first-order chi connectivity index (χ1) is 5.07. The quantitative estimate of drug-likeness (QED) is 0.428. The lowest BCUT2D eigenvalue weighted by Gasteiger charge is -1.95. The molecule has 2 N–H and O–H groups in total. The van der Waals surface area contributed by atoms with Crippen molar-refractivity contribution < 1.29 is 19.8 Å². The molecule has 0 radical (unpaired) electrons. The van der Waals surface area contributed by atoms with Crippen LogP contribution in [0.5, 0.6) is 0 Å². The van der Waals surface area contributed by atoms with Gasteiger partial charge in [-0.3, -0.25) is 0 Å². The van der Waals surface area contributed by atoms with Crippen LogP contribution in [-0.2, 0) is 9.59 Å². The molecule has 0 unspecified atom stereocenters. The normalized spacial score (nSPS) is 11.2. The summed E-state index contributed by atoms with van der Waals surface area (Å²) in [6, 6.07) is 0. The Hall–Kier alpha value is -0.970. The molecule has 0 bridgehead atoms. The highest BCUT2D eigenvalue weighted by molar-refractivity contribution is 7.80. The van der Waals surface area contributed by atoms with E-state index in [0.29, 0.717) is 11.8 Å². The summed E-state index contributed by atoms with van der Waals surface area (Å²) in [5, 5.41) is 16.6. The van der Waals surface area contributed by atoms with Crippen molar-refractivity contribution in [3.05, 3.63) is 11.6 Å². The summed E-state index contributed by atoms with van der Waals surface area (Å²) in [4.78, 5) is 20.3. The Balaban J connectivity index is 4.32. The predicted molar refractivity (Wildman–Crippen MR) is 41.8 cm³/mol. The lowest BCUT2D eigenvalue weighted by Crippen LogP contribution is -2.04. The van der Waals surface area contributed by atoms with Crippen molar-refractivity contribution in [2.75, 3.05) is 5.75 Å². The van der Waals surface area contributed by atoms with E-state index < -0.39 is 11.9 Å². The van der Waals surface area contributed by atoms with Crippen molar-refractivity contribution in [2.24, 2.45) is 0 Å². The van der Waals surface area contributed by atoms with E-state index in [4.69, 9.17) is 10.2 Å². The highest BCUT2D eigenvalue weighted by Gasteiger charge is 2.07. The molecule has 0 fully saturated rings. The van der Waals surface area contributed by atoms with E-state index in [1.165, 1.54) is 0 Å². The van der Waals surface area contributed by atoms with Gasteiger partial charge >= 0.3 is 11.9 Å². The van der Waals surface area contributed by atoms with Crippen LogP contribution in [0.2, 0.25) is 0 Å². The number of thiol groups is 1. The van der Waals surface area contributed by atoms with Gasteiger partial charge in [-0.2, -0.15) is 12.6 Å². The Morgan fingerprint density at radius 3 is 2.18 bits per heavy atom. The van der Waals surface area contributed by atoms with E-state index in [2.05, 4.69) is 12.6 Å². The zero-order valence-electron chi connectivity index (χ0n) is 5.65. The molecule has 5 heteroatoms. The van der Waals surface area contributed by atoms with Crippen LogP contribution >= 0.6 is 12.6 Å². The zero-order valence-corrected chi connectivity index (χ0v) is 6.54. The molecule has 0 saturated carbocycles. The number of carboxylic acid groups (broad SMARTS) is 2. The molecular weight excluding hydrogens is 168 g/mol. The first-order valence-electron chi connectivity index (χ1n) is 2.85. The summed E-state index contributed by atoms with van der Waals surface area (Å²) in [5.41, 5.74) is -0.132. The summed E-state index contributed by atoms with van der Waals surface area (Å²) in [6.45, 7) is 0. The molecule has 4 nitrogen and oxygen atoms in total. The van der Waals surface area contributed by atoms with E-state index in [-0.39, 0.29) is 12.0 Å². The van der Waals surface area contributed by atoms with Gasteiger partial charge in [0, 0.05) is 11.6 Å². The molecule has 0 aliphatic heterocycles. The molecule has 0 amide bonds. The van der Waals surface area contributed by atoms with Gasteiger partial charge in [-0.1, -0.05) is 0 Å². The van der Waals surface area contributed by atoms with Gasteiger partial charge in [-0.25, -0.2) is 9.59 Å². The second-order valence-electron chi connectivity index (χ2n) is 1.79. The maximum absolute atomic E-state index is 10.3. The lowest BCUT2D eigenvalue weighted by atomic mass is 10.2. The van der Waals surface area contributed by atoms with Crippen LogP contribution in [0.15, 0.2) is 11.6 Å². The minimum Gasteiger partial charge on any atom is -0.478 e. The number of hydrogen-bond donors (Lipinski definition) is 3. The number of aliphatic carboxylic acids is 2. The van der Waals surface area contributed by atoms with Gasteiger partial charge < -0.3 is 10.2 Å². The van der Waals surface area contributed by atoms with Crippen LogP contribution in [0.25, 0.3) is 0 Å². The van der Waals surface area contributed by atoms with Gasteiger partial charge in [0.15, 0.2) is 0 Å². The van der Waals surface area contributed by atoms with Crippen molar-refractivity contribution in [1.82, 2.24) is 0 Å². The van der Waals surface area contributed by atoms with E-state index in [1.54, 1.807) is 0 Å². The molecule has 0 spiro atoms. The molecule has 0 aromatic carbocycles. The average molecular weight is 176 g/mol. The topological polar surface area (TPSA) is 74.6 Å². The van der Waals surface area contributed by atoms with Gasteiger partial charge in [0.25, 0.3) is 0 Å². The molecule has 0 aromatic heterocycles. The largest absolute Gasteiger partial charge is 0.478 e. The van der Waals surface area contributed by atoms with E-state index >= 15 is 0 Å². The van der Waals surface area contributed by atoms with Gasteiger partial charge in [0.1, 0.15) is 0 Å². The molecular formula is C6H8O4S. The first kappa shape index (κ1) is 10.0. The van der Waals surface area contributed by atoms with Crippen LogP contribution in [0.1, 0.15) is 6.42 Å². The first-order valence-corrected chi connectivity index (χ1v) is 3.49. The minimum atomic E-state index is -1.25. The number of carbonyl (C=O) groups is 2. The van der Waals surface area contributed by atoms with E-state index in [0.717, 1.165) is 0 Å². The Morgan fingerprint density at radius 1 is 1.36 bits per heavy atom. The summed E-state index contributed by atoms with van der Waals surface area (Å²) in [7, 11) is 0. The minimum absolute atomic E-state index is 0.132. The Labute approximate surface area is 68.9 Å². The highest BCUT2D eigenvalue weighted by Crippen LogP contribution is 2.02. The fourth-order valence-corrected chi connectivity index (χ4v) is 0.751. The third kappa shape index (κ3) is 4.44. The van der Waals surface area contributed by atoms with Gasteiger partial charge in [-0.15, -0.1) is 0 Å². The molecule has 0 heterocycles. The monoisotopic (exact) mass is 176 g/mol. The predicted octanol–water partition coefficient (Wildman–Crippen LogP) is 0.402. The summed E-state index contributed by atoms with van der Waals surface area (Å²) in [5.74, 6) is -2.13. The zero-order chi connectivity index (χ0) is 8.85. The van der Waals surface area contributed by atoms with E-state index in [9.17, 15) is 9.59 Å². The highest BCUT2D eigenvalue weighted by atomic mass is 32.1. The summed E-state index contributed by atoms with van der Waals surface area (Å²) >= 11 is 3.78. The fraction of sp³-hybridized carbons (Fsp3) is 0.333. The van der Waals surface area contributed by atoms with E-state index in [1.807, 2.05) is 0 Å². The van der Waals surface area contributed by atoms with Crippen molar-refractivity contribution in [3.63, 3.8) is 0 Å². The van der Waals surface area contributed by atoms with Crippen LogP contribution < -0.4 is 0 Å². The van der Waals surface area contributed by atoms with Crippen molar-refractivity contribution in [3.8, 4) is 0 Å². The van der Waals surface area contributed by atoms with Crippen molar-refractivity contribution >= 4 is 24.6 Å². The standard InChI is InChI=1S/C6H8O4S/c7-5(8)3-4(1-2-11)6(9)10/h3,11H,1-2H2,(H,7,8)(H,9,10). The second-order valence-corrected chi connectivity index (χ2v) is 2.23. The molecule has 0 atom stereocenters. The number of carboxylic acids is 2. The Kier molecular flexibility index (Phi) is 4.36. The van der Waals surface area contributed by atoms with Crippen LogP contribution in [0.3, 0.4) is 0 Å².